The van der Waals surface area contributed by atoms with Gasteiger partial charge in [-0.3, -0.25) is 4.79 Å². The van der Waals surface area contributed by atoms with E-state index in [2.05, 4.69) is 16.6 Å². The van der Waals surface area contributed by atoms with E-state index < -0.39 is 12.5 Å². The van der Waals surface area contributed by atoms with Crippen molar-refractivity contribution in [1.29, 1.82) is 0 Å². The number of carbonyl (C=O) groups is 1. The number of thiophene rings is 1. The first-order valence-electron chi connectivity index (χ1n) is 5.60. The smallest absolute Gasteiger partial charge is 0.387 e. The Labute approximate surface area is 113 Å². The lowest BCUT2D eigenvalue weighted by Gasteiger charge is -2.13. The number of halogens is 2. The first kappa shape index (κ1) is 15.6. The third-order valence-electron chi connectivity index (χ3n) is 2.36. The molecule has 0 bridgehead atoms. The van der Waals surface area contributed by atoms with Crippen LogP contribution in [0.1, 0.15) is 16.1 Å². The van der Waals surface area contributed by atoms with Crippen molar-refractivity contribution in [3.63, 3.8) is 0 Å². The zero-order chi connectivity index (χ0) is 14.3. The summed E-state index contributed by atoms with van der Waals surface area (Å²) in [6.45, 7) is 0.739. The van der Waals surface area contributed by atoms with Crippen LogP contribution < -0.4 is 10.1 Å². The molecule has 7 heteroatoms. The van der Waals surface area contributed by atoms with Crippen molar-refractivity contribution in [3.8, 4) is 5.75 Å². The number of rotatable bonds is 8. The molecule has 0 spiro atoms. The Kier molecular flexibility index (Phi) is 6.44. The van der Waals surface area contributed by atoms with E-state index in [1.807, 2.05) is 0 Å². The largest absolute Gasteiger partial charge is 0.433 e. The molecule has 0 saturated carbocycles. The lowest BCUT2D eigenvalue weighted by atomic mass is 10.1. The first-order valence-corrected chi connectivity index (χ1v) is 6.48. The molecule has 1 amide bonds. The minimum atomic E-state index is -2.97. The van der Waals surface area contributed by atoms with E-state index in [1.54, 1.807) is 6.08 Å². The van der Waals surface area contributed by atoms with Gasteiger partial charge in [-0.15, -0.1) is 17.9 Å². The van der Waals surface area contributed by atoms with E-state index in [4.69, 9.17) is 5.11 Å². The Morgan fingerprint density at radius 3 is 2.95 bits per heavy atom. The van der Waals surface area contributed by atoms with Crippen LogP contribution in [0.15, 0.2) is 24.1 Å². The van der Waals surface area contributed by atoms with Crippen LogP contribution in [0, 0.1) is 5.92 Å². The quantitative estimate of drug-likeness (QED) is 0.722. The predicted octanol–water partition coefficient (Wildman–Crippen LogP) is 2.26. The van der Waals surface area contributed by atoms with Gasteiger partial charge in [0.05, 0.1) is 0 Å². The van der Waals surface area contributed by atoms with Crippen LogP contribution >= 0.6 is 11.3 Å². The zero-order valence-electron chi connectivity index (χ0n) is 10.1. The molecule has 0 radical (unpaired) electrons. The second-order valence-corrected chi connectivity index (χ2v) is 4.69. The number of alkyl halides is 2. The summed E-state index contributed by atoms with van der Waals surface area (Å²) in [4.78, 5) is 11.9. The number of allylic oxidation sites excluding steroid dienone is 1. The molecule has 106 valence electrons. The number of ether oxygens (including phenoxy) is 1. The molecule has 0 aliphatic heterocycles. The Hall–Kier alpha value is -1.47. The van der Waals surface area contributed by atoms with Crippen molar-refractivity contribution >= 4 is 17.2 Å². The number of nitrogens with one attached hydrogen (secondary N) is 1. The molecule has 1 aromatic heterocycles. The lowest BCUT2D eigenvalue weighted by Crippen LogP contribution is -2.30. The van der Waals surface area contributed by atoms with Crippen LogP contribution in [0.25, 0.3) is 0 Å². The molecule has 0 fully saturated rings. The molecule has 0 aliphatic carbocycles. The number of carbonyl (C=O) groups excluding carboxylic acids is 1. The fourth-order valence-corrected chi connectivity index (χ4v) is 2.17. The lowest BCUT2D eigenvalue weighted by molar-refractivity contribution is -0.0498. The van der Waals surface area contributed by atoms with E-state index in [-0.39, 0.29) is 29.7 Å². The van der Waals surface area contributed by atoms with Crippen LogP contribution in [-0.2, 0) is 0 Å². The SMILES string of the molecule is C=CC[C@H](CO)CNC(=O)c1sccc1OC(F)F. The average molecular weight is 291 g/mol. The minimum Gasteiger partial charge on any atom is -0.433 e. The fourth-order valence-electron chi connectivity index (χ4n) is 1.43. The Bertz CT molecular complexity index is 423. The summed E-state index contributed by atoms with van der Waals surface area (Å²) >= 11 is 1.02. The summed E-state index contributed by atoms with van der Waals surface area (Å²) in [5.41, 5.74) is 0. The molecule has 0 unspecified atom stereocenters. The van der Waals surface area contributed by atoms with Gasteiger partial charge in [0.15, 0.2) is 0 Å². The molecule has 0 aliphatic rings. The highest BCUT2D eigenvalue weighted by molar-refractivity contribution is 7.12. The van der Waals surface area contributed by atoms with Crippen molar-refractivity contribution in [2.75, 3.05) is 13.2 Å². The topological polar surface area (TPSA) is 58.6 Å². The number of aliphatic hydroxyl groups excluding tert-OH is 1. The summed E-state index contributed by atoms with van der Waals surface area (Å²) in [7, 11) is 0. The molecule has 0 aromatic carbocycles. The second kappa shape index (κ2) is 7.85. The maximum absolute atomic E-state index is 12.1. The normalized spacial score (nSPS) is 12.2. The van der Waals surface area contributed by atoms with E-state index in [9.17, 15) is 13.6 Å². The number of hydrogen-bond donors (Lipinski definition) is 2. The number of hydrogen-bond acceptors (Lipinski definition) is 4. The summed E-state index contributed by atoms with van der Waals surface area (Å²) in [5, 5.41) is 13.1. The van der Waals surface area contributed by atoms with Crippen molar-refractivity contribution in [2.45, 2.75) is 13.0 Å². The highest BCUT2D eigenvalue weighted by Crippen LogP contribution is 2.26. The Balaban J connectivity index is 2.58. The van der Waals surface area contributed by atoms with E-state index >= 15 is 0 Å². The first-order chi connectivity index (χ1) is 9.08. The fraction of sp³-hybridized carbons (Fsp3) is 0.417. The van der Waals surface area contributed by atoms with Crippen molar-refractivity contribution in [1.82, 2.24) is 5.32 Å². The maximum Gasteiger partial charge on any atom is 0.387 e. The molecule has 1 aromatic rings. The van der Waals surface area contributed by atoms with Gasteiger partial charge in [0, 0.05) is 19.1 Å². The van der Waals surface area contributed by atoms with E-state index in [1.165, 1.54) is 11.4 Å². The summed E-state index contributed by atoms with van der Waals surface area (Å²) in [6, 6.07) is 1.32. The number of amides is 1. The molecule has 4 nitrogen and oxygen atoms in total. The molecule has 1 rings (SSSR count). The monoisotopic (exact) mass is 291 g/mol. The van der Waals surface area contributed by atoms with Gasteiger partial charge in [-0.2, -0.15) is 8.78 Å². The van der Waals surface area contributed by atoms with Gasteiger partial charge in [-0.25, -0.2) is 0 Å². The highest BCUT2D eigenvalue weighted by Gasteiger charge is 2.18. The average Bonchev–Trinajstić information content (AvgIpc) is 2.81. The molecular formula is C12H15F2NO3S. The van der Waals surface area contributed by atoms with Crippen molar-refractivity contribution in [3.05, 3.63) is 29.0 Å². The molecule has 1 heterocycles. The Morgan fingerprint density at radius 2 is 2.37 bits per heavy atom. The van der Waals surface area contributed by atoms with E-state index in [0.717, 1.165) is 11.3 Å². The van der Waals surface area contributed by atoms with Crippen LogP contribution in [0.3, 0.4) is 0 Å². The standard InChI is InChI=1S/C12H15F2NO3S/c1-2-3-8(7-16)6-15-11(17)10-9(4-5-19-10)18-12(13)14/h2,4-5,8,12,16H,1,3,6-7H2,(H,15,17)/t8-/m0/s1. The third kappa shape index (κ3) is 4.96. The van der Waals surface area contributed by atoms with Gasteiger partial charge >= 0.3 is 6.61 Å². The number of aliphatic hydroxyl groups is 1. The minimum absolute atomic E-state index is 0.0862. The molecule has 19 heavy (non-hydrogen) atoms. The molecule has 1 atom stereocenters. The predicted molar refractivity (Wildman–Crippen MR) is 68.7 cm³/mol. The van der Waals surface area contributed by atoms with Gasteiger partial charge in [-0.05, 0) is 17.9 Å². The van der Waals surface area contributed by atoms with Crippen molar-refractivity contribution in [2.24, 2.45) is 5.92 Å². The Morgan fingerprint density at radius 1 is 1.63 bits per heavy atom. The highest BCUT2D eigenvalue weighted by atomic mass is 32.1. The molecule has 2 N–H and O–H groups in total. The van der Waals surface area contributed by atoms with Gasteiger partial charge in [0.1, 0.15) is 10.6 Å². The van der Waals surface area contributed by atoms with Crippen LogP contribution in [0.2, 0.25) is 0 Å². The van der Waals surface area contributed by atoms with Crippen LogP contribution in [0.4, 0.5) is 8.78 Å². The van der Waals surface area contributed by atoms with Crippen LogP contribution in [0.5, 0.6) is 5.75 Å². The molecular weight excluding hydrogens is 276 g/mol. The summed E-state index contributed by atoms with van der Waals surface area (Å²) in [5.74, 6) is -0.768. The van der Waals surface area contributed by atoms with Gasteiger partial charge < -0.3 is 15.2 Å². The van der Waals surface area contributed by atoms with E-state index in [0.29, 0.717) is 6.42 Å². The van der Waals surface area contributed by atoms with Gasteiger partial charge in [0.25, 0.3) is 5.91 Å². The second-order valence-electron chi connectivity index (χ2n) is 3.78. The van der Waals surface area contributed by atoms with Gasteiger partial charge in [0.2, 0.25) is 0 Å². The van der Waals surface area contributed by atoms with Gasteiger partial charge in [-0.1, -0.05) is 6.08 Å². The molecule has 0 saturated heterocycles. The third-order valence-corrected chi connectivity index (χ3v) is 3.26. The maximum atomic E-state index is 12.1. The van der Waals surface area contributed by atoms with Crippen molar-refractivity contribution < 1.29 is 23.4 Å². The summed E-state index contributed by atoms with van der Waals surface area (Å²) in [6.07, 6.45) is 2.20. The van der Waals surface area contributed by atoms with Crippen LogP contribution in [-0.4, -0.2) is 30.8 Å². The summed E-state index contributed by atoms with van der Waals surface area (Å²) < 4.78 is 28.5. The zero-order valence-corrected chi connectivity index (χ0v) is 11.0.